The quantitative estimate of drug-likeness (QED) is 0.217. The van der Waals surface area contributed by atoms with Gasteiger partial charge in [0.05, 0.1) is 0 Å². The van der Waals surface area contributed by atoms with Gasteiger partial charge in [0.25, 0.3) is 0 Å². The average Bonchev–Trinajstić information content (AvgIpc) is 2.37. The molecule has 6 nitrogen and oxygen atoms in total. The van der Waals surface area contributed by atoms with Crippen LogP contribution in [0.1, 0.15) is 64.7 Å². The van der Waals surface area contributed by atoms with E-state index in [1.165, 1.54) is 25.7 Å². The van der Waals surface area contributed by atoms with Crippen LogP contribution in [0.5, 0.6) is 0 Å². The van der Waals surface area contributed by atoms with Crippen molar-refractivity contribution < 1.29 is 30.2 Å². The van der Waals surface area contributed by atoms with E-state index < -0.39 is 11.8 Å². The van der Waals surface area contributed by atoms with Crippen molar-refractivity contribution in [2.75, 3.05) is 0 Å². The number of unbranched alkanes of at least 4 members (excludes halogenated alkanes) is 7. The zero-order valence-corrected chi connectivity index (χ0v) is 10.9. The van der Waals surface area contributed by atoms with Crippen LogP contribution in [0.2, 0.25) is 0 Å². The van der Waals surface area contributed by atoms with Crippen LogP contribution in [-0.2, 0) is 14.6 Å². The Bertz CT molecular complexity index is 215. The van der Waals surface area contributed by atoms with Crippen LogP contribution in [0.15, 0.2) is 0 Å². The molecule has 108 valence electrons. The number of hydrogen-bond donors (Lipinski definition) is 3. The monoisotopic (exact) mass is 264 g/mol. The number of carbonyl (C=O) groups is 1. The Labute approximate surface area is 107 Å². The highest BCUT2D eigenvalue weighted by molar-refractivity contribution is 5.75. The normalized spacial score (nSPS) is 11.7. The molecule has 6 heteroatoms. The summed E-state index contributed by atoms with van der Waals surface area (Å²) in [5.41, 5.74) is 0. The summed E-state index contributed by atoms with van der Waals surface area (Å²) < 4.78 is 0. The summed E-state index contributed by atoms with van der Waals surface area (Å²) in [6.45, 7) is 2.16. The minimum Gasteiger partial charge on any atom is -0.477 e. The molecule has 0 aromatic heterocycles. The van der Waals surface area contributed by atoms with Crippen molar-refractivity contribution >= 4 is 5.97 Å². The Morgan fingerprint density at radius 1 is 0.944 bits per heavy atom. The molecule has 0 aromatic rings. The van der Waals surface area contributed by atoms with Crippen molar-refractivity contribution in [1.82, 2.24) is 0 Å². The third-order valence-electron chi connectivity index (χ3n) is 2.98. The van der Waals surface area contributed by atoms with Gasteiger partial charge in [0.1, 0.15) is 0 Å². The average molecular weight is 264 g/mol. The second-order valence-corrected chi connectivity index (χ2v) is 4.47. The van der Waals surface area contributed by atoms with Crippen LogP contribution in [0.4, 0.5) is 0 Å². The van der Waals surface area contributed by atoms with Crippen LogP contribution >= 0.6 is 0 Å². The lowest BCUT2D eigenvalue weighted by Crippen LogP contribution is -2.42. The first kappa shape index (κ1) is 17.3. The molecule has 0 aromatic carbocycles. The maximum atomic E-state index is 10.8. The molecule has 3 N–H and O–H groups in total. The molecule has 0 aliphatic heterocycles. The molecule has 0 amide bonds. The van der Waals surface area contributed by atoms with Crippen molar-refractivity contribution in [2.24, 2.45) is 0 Å². The van der Waals surface area contributed by atoms with Gasteiger partial charge >= 0.3 is 11.8 Å². The number of rotatable bonds is 12. The third-order valence-corrected chi connectivity index (χ3v) is 2.98. The molecule has 0 aliphatic rings. The molecular weight excluding hydrogens is 240 g/mol. The van der Waals surface area contributed by atoms with Crippen LogP contribution in [0.25, 0.3) is 0 Å². The molecule has 0 saturated heterocycles. The van der Waals surface area contributed by atoms with E-state index in [9.17, 15) is 4.79 Å². The summed E-state index contributed by atoms with van der Waals surface area (Å²) in [7, 11) is 0. The predicted octanol–water partition coefficient (Wildman–Crippen LogP) is 3.28. The molecule has 18 heavy (non-hydrogen) atoms. The predicted molar refractivity (Wildman–Crippen MR) is 65.0 cm³/mol. The van der Waals surface area contributed by atoms with Gasteiger partial charge in [0, 0.05) is 6.42 Å². The third kappa shape index (κ3) is 6.30. The lowest BCUT2D eigenvalue weighted by molar-refractivity contribution is -0.472. The molecule has 0 fully saturated rings. The number of carboxylic acids is 1. The van der Waals surface area contributed by atoms with Crippen LogP contribution in [0, 0.1) is 0 Å². The van der Waals surface area contributed by atoms with E-state index in [1.54, 1.807) is 0 Å². The number of hydrogen-bond acceptors (Lipinski definition) is 5. The number of aliphatic carboxylic acids is 1. The Balaban J connectivity index is 3.65. The second-order valence-electron chi connectivity index (χ2n) is 4.47. The Kier molecular flexibility index (Phi) is 9.86. The first-order valence-electron chi connectivity index (χ1n) is 6.51. The van der Waals surface area contributed by atoms with E-state index in [0.29, 0.717) is 6.42 Å². The Morgan fingerprint density at radius 2 is 1.39 bits per heavy atom. The molecule has 0 atom stereocenters. The van der Waals surface area contributed by atoms with Gasteiger partial charge in [-0.3, -0.25) is 0 Å². The lowest BCUT2D eigenvalue weighted by atomic mass is 10.0. The van der Waals surface area contributed by atoms with E-state index in [2.05, 4.69) is 16.7 Å². The fourth-order valence-electron chi connectivity index (χ4n) is 1.78. The summed E-state index contributed by atoms with van der Waals surface area (Å²) in [5, 5.41) is 25.7. The summed E-state index contributed by atoms with van der Waals surface area (Å²) in [6, 6.07) is 0. The molecule has 0 saturated carbocycles. The van der Waals surface area contributed by atoms with Crippen LogP contribution in [-0.4, -0.2) is 27.4 Å². The summed E-state index contributed by atoms with van der Waals surface area (Å²) in [4.78, 5) is 18.2. The van der Waals surface area contributed by atoms with Gasteiger partial charge in [-0.05, 0) is 6.42 Å². The van der Waals surface area contributed by atoms with Gasteiger partial charge < -0.3 is 5.11 Å². The summed E-state index contributed by atoms with van der Waals surface area (Å²) >= 11 is 0. The first-order valence-corrected chi connectivity index (χ1v) is 6.51. The molecule has 0 bridgehead atoms. The maximum Gasteiger partial charge on any atom is 0.370 e. The van der Waals surface area contributed by atoms with Crippen molar-refractivity contribution in [2.45, 2.75) is 70.5 Å². The minimum atomic E-state index is -2.35. The van der Waals surface area contributed by atoms with Crippen molar-refractivity contribution in [3.8, 4) is 0 Å². The Hall–Kier alpha value is -0.690. The molecule has 0 spiro atoms. The number of carboxylic acid groups (broad SMARTS) is 1. The van der Waals surface area contributed by atoms with Crippen molar-refractivity contribution in [3.05, 3.63) is 0 Å². The van der Waals surface area contributed by atoms with E-state index >= 15 is 0 Å². The standard InChI is InChI=1S/C12H24O6/c1-2-3-4-5-6-7-8-9-10-12(17-15,18-16)11(13)14/h15-16H,2-10H2,1H3,(H,13,14). The highest BCUT2D eigenvalue weighted by atomic mass is 17.2. The molecular formula is C12H24O6. The molecule has 0 aliphatic carbocycles. The maximum absolute atomic E-state index is 10.8. The van der Waals surface area contributed by atoms with Crippen molar-refractivity contribution in [1.29, 1.82) is 0 Å². The highest BCUT2D eigenvalue weighted by Crippen LogP contribution is 2.21. The van der Waals surface area contributed by atoms with Gasteiger partial charge in [-0.1, -0.05) is 51.9 Å². The van der Waals surface area contributed by atoms with Crippen molar-refractivity contribution in [3.63, 3.8) is 0 Å². The SMILES string of the molecule is CCCCCCCCCCC(OO)(OO)C(=O)O. The highest BCUT2D eigenvalue weighted by Gasteiger charge is 2.42. The lowest BCUT2D eigenvalue weighted by Gasteiger charge is -2.21. The molecule has 0 radical (unpaired) electrons. The van der Waals surface area contributed by atoms with Gasteiger partial charge in [-0.2, -0.15) is 9.78 Å². The van der Waals surface area contributed by atoms with Crippen LogP contribution in [0.3, 0.4) is 0 Å². The molecule has 0 rings (SSSR count). The topological polar surface area (TPSA) is 96.2 Å². The van der Waals surface area contributed by atoms with E-state index in [4.69, 9.17) is 15.6 Å². The fourth-order valence-corrected chi connectivity index (χ4v) is 1.78. The molecule has 0 unspecified atom stereocenters. The minimum absolute atomic E-state index is 0.0930. The second kappa shape index (κ2) is 10.3. The van der Waals surface area contributed by atoms with Gasteiger partial charge in [0.15, 0.2) is 0 Å². The molecule has 0 heterocycles. The van der Waals surface area contributed by atoms with Gasteiger partial charge in [-0.25, -0.2) is 15.3 Å². The van der Waals surface area contributed by atoms with Gasteiger partial charge in [0.2, 0.25) is 0 Å². The smallest absolute Gasteiger partial charge is 0.370 e. The summed E-state index contributed by atoms with van der Waals surface area (Å²) in [5.74, 6) is -3.89. The largest absolute Gasteiger partial charge is 0.477 e. The van der Waals surface area contributed by atoms with Crippen LogP contribution < -0.4 is 0 Å². The zero-order chi connectivity index (χ0) is 13.9. The Morgan fingerprint density at radius 3 is 1.78 bits per heavy atom. The summed E-state index contributed by atoms with van der Waals surface area (Å²) in [6.07, 6.45) is 8.21. The van der Waals surface area contributed by atoms with E-state index in [-0.39, 0.29) is 6.42 Å². The zero-order valence-electron chi connectivity index (χ0n) is 10.9. The van der Waals surface area contributed by atoms with E-state index in [0.717, 1.165) is 19.3 Å². The first-order chi connectivity index (χ1) is 8.63. The fraction of sp³-hybridized carbons (Fsp3) is 0.917. The van der Waals surface area contributed by atoms with Gasteiger partial charge in [-0.15, -0.1) is 0 Å². The van der Waals surface area contributed by atoms with E-state index in [1.807, 2.05) is 0 Å².